The van der Waals surface area contributed by atoms with E-state index in [0.717, 1.165) is 18.4 Å². The first kappa shape index (κ1) is 28.8. The molecule has 34 heavy (non-hydrogen) atoms. The Hall–Kier alpha value is 0.239. The Morgan fingerprint density at radius 3 is 2.24 bits per heavy atom. The molecule has 0 aromatic rings. The van der Waals surface area contributed by atoms with Gasteiger partial charge in [0.2, 0.25) is 0 Å². The molecule has 0 aromatic heterocycles. The van der Waals surface area contributed by atoms with Crippen LogP contribution in [0.15, 0.2) is 23.3 Å². The van der Waals surface area contributed by atoms with Crippen LogP contribution in [0.1, 0.15) is 125 Å². The van der Waals surface area contributed by atoms with E-state index in [1.165, 1.54) is 88.1 Å². The molecule has 0 N–H and O–H groups in total. The molecule has 0 amide bonds. The van der Waals surface area contributed by atoms with Gasteiger partial charge in [-0.15, -0.1) is 0 Å². The molecular weight excluding hydrogens is 519 g/mol. The van der Waals surface area contributed by atoms with Crippen LogP contribution in [0.4, 0.5) is 0 Å². The molecule has 2 heteroatoms. The summed E-state index contributed by atoms with van der Waals surface area (Å²) in [5, 5.41) is 0. The van der Waals surface area contributed by atoms with Crippen molar-refractivity contribution in [1.82, 2.24) is 0 Å². The molecule has 3 rings (SSSR count). The molecule has 0 aromatic carbocycles. The number of ether oxygens (including phenoxy) is 1. The fourth-order valence-electron chi connectivity index (χ4n) is 8.27. The van der Waals surface area contributed by atoms with Crippen molar-refractivity contribution in [3.05, 3.63) is 23.3 Å². The third-order valence-corrected chi connectivity index (χ3v) is 24.8. The molecule has 2 fully saturated rings. The maximum absolute atomic E-state index is 6.56. The molecule has 196 valence electrons. The summed E-state index contributed by atoms with van der Waals surface area (Å²) in [5.74, 6) is 1.72. The Bertz CT molecular complexity index is 667. The molecule has 0 heterocycles. The van der Waals surface area contributed by atoms with Gasteiger partial charge in [-0.3, -0.25) is 0 Å². The molecule has 2 saturated carbocycles. The molecule has 0 spiro atoms. The van der Waals surface area contributed by atoms with Crippen molar-refractivity contribution in [2.24, 2.45) is 22.7 Å². The molecule has 0 bridgehead atoms. The second-order valence-electron chi connectivity index (χ2n) is 13.4. The van der Waals surface area contributed by atoms with Crippen molar-refractivity contribution in [2.75, 3.05) is 11.2 Å². The number of allylic oxidation sites excluding steroid dienone is 3. The molecule has 0 saturated heterocycles. The predicted molar refractivity (Wildman–Crippen MR) is 153 cm³/mol. The number of rotatable bonds is 13. The van der Waals surface area contributed by atoms with Gasteiger partial charge in [0.25, 0.3) is 0 Å². The molecule has 3 aliphatic carbocycles. The van der Waals surface area contributed by atoms with E-state index in [4.69, 9.17) is 4.74 Å². The van der Waals surface area contributed by atoms with E-state index in [1.807, 2.05) is 0 Å². The minimum atomic E-state index is -2.15. The molecule has 0 unspecified atom stereocenters. The zero-order chi connectivity index (χ0) is 24.7. The van der Waals surface area contributed by atoms with Gasteiger partial charge < -0.3 is 0 Å². The van der Waals surface area contributed by atoms with Gasteiger partial charge >= 0.3 is 219 Å². The predicted octanol–water partition coefficient (Wildman–Crippen LogP) is 10.3. The van der Waals surface area contributed by atoms with E-state index >= 15 is 0 Å². The van der Waals surface area contributed by atoms with E-state index < -0.39 is 18.4 Å². The molecule has 0 aliphatic heterocycles. The van der Waals surface area contributed by atoms with Gasteiger partial charge in [0, 0.05) is 0 Å². The summed E-state index contributed by atoms with van der Waals surface area (Å²) in [6, 6.07) is 0. The van der Waals surface area contributed by atoms with Crippen LogP contribution in [0.5, 0.6) is 0 Å². The average molecular weight is 578 g/mol. The first-order valence-corrected chi connectivity index (χ1v) is 23.3. The van der Waals surface area contributed by atoms with Crippen molar-refractivity contribution >= 4 is 18.4 Å². The van der Waals surface area contributed by atoms with Crippen LogP contribution < -0.4 is 0 Å². The van der Waals surface area contributed by atoms with Crippen molar-refractivity contribution in [1.29, 1.82) is 0 Å². The molecule has 3 aliphatic rings. The summed E-state index contributed by atoms with van der Waals surface area (Å²) in [6.45, 7) is 15.7. The number of fused-ring (bicyclic) bond motifs is 3. The summed E-state index contributed by atoms with van der Waals surface area (Å²) in [6.07, 6.45) is 23.2. The first-order valence-electron chi connectivity index (χ1n) is 15.2. The zero-order valence-electron chi connectivity index (χ0n) is 23.9. The number of unbranched alkanes of at least 4 members (excludes halogenated alkanes) is 3. The Balaban J connectivity index is 1.59. The number of hydrogen-bond acceptors (Lipinski definition) is 1. The van der Waals surface area contributed by atoms with Gasteiger partial charge in [0.15, 0.2) is 0 Å². The van der Waals surface area contributed by atoms with Crippen LogP contribution in [0.25, 0.3) is 0 Å². The van der Waals surface area contributed by atoms with Gasteiger partial charge in [0.05, 0.1) is 0 Å². The van der Waals surface area contributed by atoms with Crippen LogP contribution in [0.3, 0.4) is 0 Å². The second-order valence-corrected chi connectivity index (χ2v) is 27.0. The monoisotopic (exact) mass is 578 g/mol. The van der Waals surface area contributed by atoms with E-state index in [0.29, 0.717) is 10.8 Å². The third kappa shape index (κ3) is 6.96. The van der Waals surface area contributed by atoms with Crippen LogP contribution >= 0.6 is 0 Å². The van der Waals surface area contributed by atoms with Gasteiger partial charge in [-0.1, -0.05) is 0 Å². The van der Waals surface area contributed by atoms with Crippen molar-refractivity contribution in [3.63, 3.8) is 0 Å². The summed E-state index contributed by atoms with van der Waals surface area (Å²) in [5.41, 5.74) is 4.53. The van der Waals surface area contributed by atoms with Crippen LogP contribution in [-0.4, -0.2) is 29.6 Å². The van der Waals surface area contributed by atoms with Crippen LogP contribution in [0, 0.1) is 22.7 Å². The molecule has 3 atom stereocenters. The van der Waals surface area contributed by atoms with Gasteiger partial charge in [-0.2, -0.15) is 0 Å². The summed E-state index contributed by atoms with van der Waals surface area (Å²) in [7, 11) is 0. The van der Waals surface area contributed by atoms with Crippen molar-refractivity contribution < 1.29 is 4.74 Å². The quantitative estimate of drug-likeness (QED) is 0.120. The average Bonchev–Trinajstić information content (AvgIpc) is 2.81. The van der Waals surface area contributed by atoms with E-state index in [-0.39, 0.29) is 0 Å². The molecular formula is C32H58OSn. The number of hydrogen-bond donors (Lipinski definition) is 0. The summed E-state index contributed by atoms with van der Waals surface area (Å²) < 4.78 is 12.4. The molecule has 1 nitrogen and oxygen atoms in total. The van der Waals surface area contributed by atoms with Crippen LogP contribution in [-0.2, 0) is 4.74 Å². The SMILES string of the molecule is CCC[CH2][Sn]([CH2]CCC)([CH2]CCC)[CH2]OC/C=C1\CC[C@@H]2C(=CC[C@H]3C(C)(C)CCC[C@]23C)C1. The van der Waals surface area contributed by atoms with E-state index in [1.54, 1.807) is 24.5 Å². The van der Waals surface area contributed by atoms with E-state index in [9.17, 15) is 0 Å². The fourth-order valence-corrected chi connectivity index (χ4v) is 22.7. The fraction of sp³-hybridized carbons (Fsp3) is 0.875. The Labute approximate surface area is 217 Å². The van der Waals surface area contributed by atoms with Crippen LogP contribution in [0.2, 0.25) is 13.3 Å². The van der Waals surface area contributed by atoms with E-state index in [2.05, 4.69) is 53.7 Å². The summed E-state index contributed by atoms with van der Waals surface area (Å²) in [4.78, 5) is 0. The molecule has 0 radical (unpaired) electrons. The van der Waals surface area contributed by atoms with Gasteiger partial charge in [-0.25, -0.2) is 0 Å². The zero-order valence-corrected chi connectivity index (χ0v) is 26.8. The normalized spacial score (nSPS) is 30.1. The Morgan fingerprint density at radius 2 is 1.62 bits per heavy atom. The standard InChI is InChI=1S/C20H31O.3C4H9.Sn/c1-19(2)11-5-12-20(3)17-8-6-15(10-13-21-4)14-16(17)7-9-18(19)20;3*1-3-4-2;/h7,10,17-18H,4-6,8-9,11-14H2,1-3H3;3*1,3-4H2,2H3;/b15-10+;;;;/t17-,18+,20-;;;;/m1..../s1. The third-order valence-electron chi connectivity index (χ3n) is 10.4. The van der Waals surface area contributed by atoms with Crippen molar-refractivity contribution in [3.8, 4) is 0 Å². The topological polar surface area (TPSA) is 9.23 Å². The van der Waals surface area contributed by atoms with Crippen molar-refractivity contribution in [2.45, 2.75) is 138 Å². The second kappa shape index (κ2) is 13.2. The van der Waals surface area contributed by atoms with Gasteiger partial charge in [-0.05, 0) is 0 Å². The Morgan fingerprint density at radius 1 is 0.971 bits per heavy atom. The summed E-state index contributed by atoms with van der Waals surface area (Å²) >= 11 is -2.15. The first-order chi connectivity index (χ1) is 16.3. The Kier molecular flexibility index (Phi) is 11.1. The maximum atomic E-state index is 6.56. The van der Waals surface area contributed by atoms with Gasteiger partial charge in [0.1, 0.15) is 0 Å². The minimum absolute atomic E-state index is 0.519.